The number of rotatable bonds is 10. The molecule has 0 fully saturated rings. The molecule has 0 aliphatic carbocycles. The molecule has 2 atom stereocenters. The summed E-state index contributed by atoms with van der Waals surface area (Å²) in [7, 11) is 3.22. The molecule has 0 spiro atoms. The Bertz CT molecular complexity index is 1340. The van der Waals surface area contributed by atoms with Crippen molar-refractivity contribution in [1.82, 2.24) is 4.57 Å². The van der Waals surface area contributed by atoms with E-state index in [2.05, 4.69) is 14.6 Å². The zero-order chi connectivity index (χ0) is 27.1. The van der Waals surface area contributed by atoms with E-state index in [4.69, 9.17) is 36.3 Å². The highest BCUT2D eigenvalue weighted by Crippen LogP contribution is 2.46. The van der Waals surface area contributed by atoms with E-state index < -0.39 is 12.1 Å². The minimum atomic E-state index is -0.485. The first-order valence-corrected chi connectivity index (χ1v) is 12.6. The van der Waals surface area contributed by atoms with Crippen molar-refractivity contribution in [3.63, 3.8) is 0 Å². The lowest BCUT2D eigenvalue weighted by molar-refractivity contribution is -0.141. The average molecular weight is 539 g/mol. The van der Waals surface area contributed by atoms with Crippen LogP contribution in [0.25, 0.3) is 5.69 Å². The number of ether oxygens (including phenoxy) is 4. The second-order valence-corrected chi connectivity index (χ2v) is 8.94. The number of nitrogens with zero attached hydrogens (tertiary/aromatic N) is 3. The summed E-state index contributed by atoms with van der Waals surface area (Å²) in [5.41, 5.74) is 9.47. The Kier molecular flexibility index (Phi) is 9.04. The summed E-state index contributed by atoms with van der Waals surface area (Å²) in [5, 5.41) is 0.606. The lowest BCUT2D eigenvalue weighted by Gasteiger charge is -2.25. The number of halogens is 1. The molecule has 4 rings (SSSR count). The van der Waals surface area contributed by atoms with E-state index in [1.165, 1.54) is 6.34 Å². The first-order valence-electron chi connectivity index (χ1n) is 12.3. The Morgan fingerprint density at radius 1 is 1.16 bits per heavy atom. The van der Waals surface area contributed by atoms with Crippen LogP contribution in [0.5, 0.6) is 11.5 Å². The van der Waals surface area contributed by atoms with Crippen LogP contribution in [-0.2, 0) is 14.3 Å². The molecule has 0 radical (unpaired) electrons. The van der Waals surface area contributed by atoms with Crippen molar-refractivity contribution < 1.29 is 23.7 Å². The number of para-hydroxylation sites is 1. The van der Waals surface area contributed by atoms with Crippen LogP contribution in [0.4, 0.5) is 0 Å². The van der Waals surface area contributed by atoms with Crippen LogP contribution >= 0.6 is 11.6 Å². The zero-order valence-corrected chi connectivity index (χ0v) is 22.4. The standard InChI is InChI=1S/C28H31ClN4O5/c1-4-37-26(34)16-25(30)32-17-31-13-12-23-22-8-6-14-33(22)21-11-10-18(29)15-20(21)27(38-23)19-7-5-9-24(35-2)28(19)36-3/h5-11,14-15,17,23,27H,4,12-13,16H2,1-3H3,(H2,30,31,32)/t23-,27-/m1/s1. The van der Waals surface area contributed by atoms with Crippen molar-refractivity contribution in [2.45, 2.75) is 32.0 Å². The molecule has 2 aromatic carbocycles. The summed E-state index contributed by atoms with van der Waals surface area (Å²) in [6.07, 6.45) is 3.06. The third kappa shape index (κ3) is 6.00. The van der Waals surface area contributed by atoms with Crippen LogP contribution in [0.3, 0.4) is 0 Å². The number of benzene rings is 2. The Morgan fingerprint density at radius 2 is 2.00 bits per heavy atom. The molecule has 38 heavy (non-hydrogen) atoms. The van der Waals surface area contributed by atoms with Gasteiger partial charge in [0.1, 0.15) is 30.8 Å². The fourth-order valence-electron chi connectivity index (χ4n) is 4.48. The van der Waals surface area contributed by atoms with Gasteiger partial charge in [-0.2, -0.15) is 0 Å². The summed E-state index contributed by atoms with van der Waals surface area (Å²) >= 11 is 6.45. The fourth-order valence-corrected chi connectivity index (χ4v) is 4.66. The minimum Gasteiger partial charge on any atom is -0.493 e. The Labute approximate surface area is 226 Å². The number of aromatic nitrogens is 1. The lowest BCUT2D eigenvalue weighted by Crippen LogP contribution is -2.18. The molecule has 0 amide bonds. The Balaban J connectivity index is 1.63. The van der Waals surface area contributed by atoms with Gasteiger partial charge in [0.2, 0.25) is 0 Å². The van der Waals surface area contributed by atoms with Crippen LogP contribution in [0.1, 0.15) is 48.8 Å². The third-order valence-electron chi connectivity index (χ3n) is 6.11. The van der Waals surface area contributed by atoms with Crippen LogP contribution in [0.15, 0.2) is 64.7 Å². The number of aliphatic imine (C=N–C) groups is 2. The van der Waals surface area contributed by atoms with Crippen molar-refractivity contribution >= 4 is 29.7 Å². The number of hydrogen-bond donors (Lipinski definition) is 1. The second-order valence-electron chi connectivity index (χ2n) is 8.51. The van der Waals surface area contributed by atoms with E-state index in [1.807, 2.05) is 54.7 Å². The predicted octanol–water partition coefficient (Wildman–Crippen LogP) is 5.04. The highest BCUT2D eigenvalue weighted by molar-refractivity contribution is 6.30. The fraction of sp³-hybridized carbons (Fsp3) is 0.321. The van der Waals surface area contributed by atoms with Gasteiger partial charge < -0.3 is 29.2 Å². The molecule has 1 aliphatic heterocycles. The van der Waals surface area contributed by atoms with Gasteiger partial charge in [0.25, 0.3) is 0 Å². The largest absolute Gasteiger partial charge is 0.493 e. The van der Waals surface area contributed by atoms with Gasteiger partial charge in [-0.15, -0.1) is 0 Å². The summed E-state index contributed by atoms with van der Waals surface area (Å²) in [6.45, 7) is 2.45. The van der Waals surface area contributed by atoms with Crippen molar-refractivity contribution in [3.8, 4) is 17.2 Å². The van der Waals surface area contributed by atoms with E-state index >= 15 is 0 Å². The number of methoxy groups -OCH3 is 2. The maximum atomic E-state index is 11.5. The molecule has 3 aromatic rings. The van der Waals surface area contributed by atoms with Gasteiger partial charge in [0, 0.05) is 28.9 Å². The van der Waals surface area contributed by atoms with Crippen LogP contribution in [-0.4, -0.2) is 50.1 Å². The first kappa shape index (κ1) is 27.2. The number of amidine groups is 1. The van der Waals surface area contributed by atoms with Gasteiger partial charge in [-0.1, -0.05) is 23.7 Å². The second kappa shape index (κ2) is 12.6. The summed E-state index contributed by atoms with van der Waals surface area (Å²) < 4.78 is 25.1. The topological polar surface area (TPSA) is 110 Å². The van der Waals surface area contributed by atoms with E-state index in [1.54, 1.807) is 21.1 Å². The molecule has 1 aromatic heterocycles. The number of nitrogens with two attached hydrogens (primary N) is 1. The van der Waals surface area contributed by atoms with Crippen LogP contribution < -0.4 is 15.2 Å². The monoisotopic (exact) mass is 538 g/mol. The van der Waals surface area contributed by atoms with Crippen LogP contribution in [0, 0.1) is 0 Å². The van der Waals surface area contributed by atoms with Gasteiger partial charge in [-0.25, -0.2) is 4.99 Å². The number of fused-ring (bicyclic) bond motifs is 3. The molecule has 2 heterocycles. The molecular formula is C28H31ClN4O5. The van der Waals surface area contributed by atoms with Crippen molar-refractivity contribution in [1.29, 1.82) is 0 Å². The smallest absolute Gasteiger partial charge is 0.313 e. The highest BCUT2D eigenvalue weighted by Gasteiger charge is 2.32. The average Bonchev–Trinajstić information content (AvgIpc) is 3.35. The normalized spacial score (nSPS) is 17.0. The summed E-state index contributed by atoms with van der Waals surface area (Å²) in [4.78, 5) is 20.0. The van der Waals surface area contributed by atoms with Gasteiger partial charge in [0.15, 0.2) is 11.5 Å². The van der Waals surface area contributed by atoms with Gasteiger partial charge in [0.05, 0.1) is 32.2 Å². The van der Waals surface area contributed by atoms with E-state index in [9.17, 15) is 4.79 Å². The Hall–Kier alpha value is -3.82. The number of carbonyl (C=O) groups is 1. The Morgan fingerprint density at radius 3 is 2.76 bits per heavy atom. The van der Waals surface area contributed by atoms with E-state index in [-0.39, 0.29) is 18.4 Å². The molecule has 2 N–H and O–H groups in total. The van der Waals surface area contributed by atoms with Crippen LogP contribution in [0.2, 0.25) is 5.02 Å². The van der Waals surface area contributed by atoms with E-state index in [0.29, 0.717) is 36.1 Å². The van der Waals surface area contributed by atoms with Gasteiger partial charge >= 0.3 is 5.97 Å². The third-order valence-corrected chi connectivity index (χ3v) is 6.35. The highest BCUT2D eigenvalue weighted by atomic mass is 35.5. The molecule has 0 saturated heterocycles. The maximum absolute atomic E-state index is 11.5. The minimum absolute atomic E-state index is 0.0794. The lowest BCUT2D eigenvalue weighted by atomic mass is 9.98. The number of carbonyl (C=O) groups excluding carboxylic acids is 1. The maximum Gasteiger partial charge on any atom is 0.313 e. The van der Waals surface area contributed by atoms with Crippen molar-refractivity contribution in [2.24, 2.45) is 15.7 Å². The molecule has 0 bridgehead atoms. The molecule has 200 valence electrons. The zero-order valence-electron chi connectivity index (χ0n) is 21.6. The molecule has 0 saturated carbocycles. The summed E-state index contributed by atoms with van der Waals surface area (Å²) in [6, 6.07) is 15.5. The number of hydrogen-bond acceptors (Lipinski definition) is 6. The van der Waals surface area contributed by atoms with Gasteiger partial charge in [-0.05, 0) is 49.7 Å². The molecule has 10 heteroatoms. The molecule has 0 unspecified atom stereocenters. The summed E-state index contributed by atoms with van der Waals surface area (Å²) in [5.74, 6) is 0.930. The van der Waals surface area contributed by atoms with Gasteiger partial charge in [-0.3, -0.25) is 9.79 Å². The predicted molar refractivity (Wildman–Crippen MR) is 147 cm³/mol. The first-order chi connectivity index (χ1) is 18.5. The number of esters is 1. The van der Waals surface area contributed by atoms with Crippen molar-refractivity contribution in [2.75, 3.05) is 27.4 Å². The SMILES string of the molecule is CCOC(=O)CC(N)=NC=NCC[C@H]1O[C@H](c2cccc(OC)c2OC)c2cc(Cl)ccc2-n2cccc21. The van der Waals surface area contributed by atoms with Crippen molar-refractivity contribution in [3.05, 3.63) is 76.6 Å². The molecular weight excluding hydrogens is 508 g/mol. The van der Waals surface area contributed by atoms with E-state index in [0.717, 1.165) is 22.5 Å². The molecule has 1 aliphatic rings. The quantitative estimate of drug-likeness (QED) is 0.220. The molecule has 9 nitrogen and oxygen atoms in total.